The van der Waals surface area contributed by atoms with Crippen molar-refractivity contribution in [2.24, 2.45) is 5.73 Å². The summed E-state index contributed by atoms with van der Waals surface area (Å²) in [7, 11) is 0. The molecule has 0 radical (unpaired) electrons. The number of aliphatic hydroxyl groups excluding tert-OH is 1. The van der Waals surface area contributed by atoms with Crippen LogP contribution in [0.25, 0.3) is 11.1 Å². The smallest absolute Gasteiger partial charge is 0.145 e. The van der Waals surface area contributed by atoms with Crippen LogP contribution in [0.2, 0.25) is 0 Å². The highest BCUT2D eigenvalue weighted by molar-refractivity contribution is 5.75. The third-order valence-corrected chi connectivity index (χ3v) is 5.45. The van der Waals surface area contributed by atoms with Crippen LogP contribution in [0.5, 0.6) is 11.5 Å². The van der Waals surface area contributed by atoms with Crippen LogP contribution in [0, 0.1) is 0 Å². The van der Waals surface area contributed by atoms with Gasteiger partial charge in [-0.3, -0.25) is 4.98 Å². The molecule has 0 spiro atoms. The van der Waals surface area contributed by atoms with E-state index in [0.29, 0.717) is 18.3 Å². The summed E-state index contributed by atoms with van der Waals surface area (Å²) in [6, 6.07) is 18.4. The molecule has 1 fully saturated rings. The Hall–Kier alpha value is -2.89. The molecule has 0 aliphatic heterocycles. The zero-order valence-electron chi connectivity index (χ0n) is 16.4. The van der Waals surface area contributed by atoms with Crippen molar-refractivity contribution in [3.63, 3.8) is 0 Å². The Morgan fingerprint density at radius 1 is 1.03 bits per heavy atom. The van der Waals surface area contributed by atoms with Gasteiger partial charge in [-0.05, 0) is 61.1 Å². The Morgan fingerprint density at radius 2 is 1.86 bits per heavy atom. The highest BCUT2D eigenvalue weighted by Crippen LogP contribution is 2.35. The molecular weight excluding hydrogens is 362 g/mol. The van der Waals surface area contributed by atoms with E-state index in [2.05, 4.69) is 34.6 Å². The predicted molar refractivity (Wildman–Crippen MR) is 116 cm³/mol. The largest absolute Gasteiger partial charge is 0.455 e. The molecule has 3 aromatic rings. The van der Waals surface area contributed by atoms with Gasteiger partial charge in [0.05, 0.1) is 12.3 Å². The first-order chi connectivity index (χ1) is 14.2. The molecule has 150 valence electrons. The lowest BCUT2D eigenvalue weighted by molar-refractivity contribution is 0.126. The summed E-state index contributed by atoms with van der Waals surface area (Å²) in [5.41, 5.74) is 10.2. The van der Waals surface area contributed by atoms with Crippen LogP contribution in [0.15, 0.2) is 67.0 Å². The van der Waals surface area contributed by atoms with Gasteiger partial charge in [0.2, 0.25) is 0 Å². The molecule has 0 amide bonds. The van der Waals surface area contributed by atoms with Crippen molar-refractivity contribution in [2.75, 3.05) is 5.32 Å². The van der Waals surface area contributed by atoms with Crippen LogP contribution < -0.4 is 15.8 Å². The first-order valence-electron chi connectivity index (χ1n) is 10.2. The van der Waals surface area contributed by atoms with E-state index >= 15 is 0 Å². The van der Waals surface area contributed by atoms with Crippen LogP contribution in [0.4, 0.5) is 5.69 Å². The number of aliphatic hydroxyl groups is 1. The topological polar surface area (TPSA) is 80.4 Å². The Bertz CT molecular complexity index is 938. The number of pyridine rings is 1. The number of ether oxygens (including phenoxy) is 1. The predicted octanol–water partition coefficient (Wildman–Crippen LogP) is 4.72. The van der Waals surface area contributed by atoms with Gasteiger partial charge in [0.25, 0.3) is 0 Å². The molecule has 4 N–H and O–H groups in total. The lowest BCUT2D eigenvalue weighted by Gasteiger charge is -2.28. The molecular formula is C24H27N3O2. The van der Waals surface area contributed by atoms with E-state index in [4.69, 9.17) is 10.5 Å². The highest BCUT2D eigenvalue weighted by atomic mass is 16.5. The van der Waals surface area contributed by atoms with Crippen LogP contribution >= 0.6 is 0 Å². The van der Waals surface area contributed by atoms with Crippen LogP contribution in [-0.4, -0.2) is 22.2 Å². The molecule has 29 heavy (non-hydrogen) atoms. The minimum atomic E-state index is -0.162. The van der Waals surface area contributed by atoms with E-state index in [0.717, 1.165) is 53.8 Å². The number of hydrogen-bond acceptors (Lipinski definition) is 5. The van der Waals surface area contributed by atoms with E-state index < -0.39 is 0 Å². The summed E-state index contributed by atoms with van der Waals surface area (Å²) < 4.78 is 6.09. The molecule has 4 rings (SSSR count). The number of aromatic nitrogens is 1. The lowest BCUT2D eigenvalue weighted by atomic mass is 9.92. The molecule has 0 bridgehead atoms. The van der Waals surface area contributed by atoms with Crippen molar-refractivity contribution >= 4 is 5.69 Å². The maximum atomic E-state index is 9.77. The quantitative estimate of drug-likeness (QED) is 0.569. The molecule has 1 aliphatic carbocycles. The fourth-order valence-corrected chi connectivity index (χ4v) is 3.82. The van der Waals surface area contributed by atoms with Crippen LogP contribution in [0.1, 0.15) is 31.2 Å². The molecule has 1 saturated carbocycles. The molecule has 0 atom stereocenters. The Balaban J connectivity index is 1.62. The standard InChI is InChI=1S/C24H27N3O2/c25-15-18-8-7-17(14-23(18)27-19-9-11-20(28)12-10-19)22-5-1-2-6-24(22)29-21-4-3-13-26-16-21/h1-8,13-14,16,19-20,27-28H,9-12,15,25H2/t19-,20-. The zero-order valence-corrected chi connectivity index (χ0v) is 16.4. The van der Waals surface area contributed by atoms with Crippen molar-refractivity contribution in [1.29, 1.82) is 0 Å². The number of nitrogens with zero attached hydrogens (tertiary/aromatic N) is 1. The summed E-state index contributed by atoms with van der Waals surface area (Å²) in [5.74, 6) is 1.49. The second kappa shape index (κ2) is 9.07. The number of para-hydroxylation sites is 1. The molecule has 0 unspecified atom stereocenters. The average Bonchev–Trinajstić information content (AvgIpc) is 2.76. The van der Waals surface area contributed by atoms with Crippen molar-refractivity contribution in [1.82, 2.24) is 4.98 Å². The van der Waals surface area contributed by atoms with Crippen LogP contribution in [0.3, 0.4) is 0 Å². The van der Waals surface area contributed by atoms with Gasteiger partial charge in [-0.15, -0.1) is 0 Å². The molecule has 1 aliphatic rings. The van der Waals surface area contributed by atoms with Gasteiger partial charge in [0.1, 0.15) is 11.5 Å². The normalized spacial score (nSPS) is 19.0. The Morgan fingerprint density at radius 3 is 2.62 bits per heavy atom. The summed E-state index contributed by atoms with van der Waals surface area (Å²) in [6.07, 6.45) is 6.90. The monoisotopic (exact) mass is 389 g/mol. The molecule has 5 nitrogen and oxygen atoms in total. The van der Waals surface area contributed by atoms with E-state index in [1.165, 1.54) is 0 Å². The third kappa shape index (κ3) is 4.75. The maximum Gasteiger partial charge on any atom is 0.145 e. The SMILES string of the molecule is NCc1ccc(-c2ccccc2Oc2cccnc2)cc1N[C@H]1CC[C@H](O)CC1. The second-order valence-electron chi connectivity index (χ2n) is 7.51. The Labute approximate surface area is 171 Å². The minimum Gasteiger partial charge on any atom is -0.455 e. The van der Waals surface area contributed by atoms with Gasteiger partial charge in [-0.1, -0.05) is 30.3 Å². The first-order valence-corrected chi connectivity index (χ1v) is 10.2. The van der Waals surface area contributed by atoms with E-state index in [1.807, 2.05) is 30.3 Å². The van der Waals surface area contributed by atoms with Gasteiger partial charge < -0.3 is 20.9 Å². The van der Waals surface area contributed by atoms with Crippen molar-refractivity contribution in [3.05, 3.63) is 72.6 Å². The highest BCUT2D eigenvalue weighted by Gasteiger charge is 2.20. The van der Waals surface area contributed by atoms with Crippen molar-refractivity contribution in [2.45, 2.75) is 44.4 Å². The van der Waals surface area contributed by atoms with Crippen molar-refractivity contribution in [3.8, 4) is 22.6 Å². The van der Waals surface area contributed by atoms with Gasteiger partial charge in [-0.2, -0.15) is 0 Å². The van der Waals surface area contributed by atoms with Gasteiger partial charge in [-0.25, -0.2) is 0 Å². The summed E-state index contributed by atoms with van der Waals surface area (Å²) in [6.45, 7) is 0.478. The molecule has 1 heterocycles. The maximum absolute atomic E-state index is 9.77. The molecule has 5 heteroatoms. The summed E-state index contributed by atoms with van der Waals surface area (Å²) in [4.78, 5) is 4.12. The van der Waals surface area contributed by atoms with E-state index in [9.17, 15) is 5.11 Å². The number of nitrogens with one attached hydrogen (secondary N) is 1. The number of nitrogens with two attached hydrogens (primary N) is 1. The average molecular weight is 389 g/mol. The zero-order chi connectivity index (χ0) is 20.1. The van der Waals surface area contributed by atoms with Crippen LogP contribution in [-0.2, 0) is 6.54 Å². The fourth-order valence-electron chi connectivity index (χ4n) is 3.82. The molecule has 1 aromatic heterocycles. The first kappa shape index (κ1) is 19.4. The van der Waals surface area contributed by atoms with E-state index in [-0.39, 0.29) is 6.10 Å². The number of hydrogen-bond donors (Lipinski definition) is 3. The number of rotatable bonds is 6. The number of benzene rings is 2. The fraction of sp³-hybridized carbons (Fsp3) is 0.292. The van der Waals surface area contributed by atoms with Crippen molar-refractivity contribution < 1.29 is 9.84 Å². The Kier molecular flexibility index (Phi) is 6.08. The number of anilines is 1. The van der Waals surface area contributed by atoms with E-state index in [1.54, 1.807) is 12.4 Å². The molecule has 0 saturated heterocycles. The van der Waals surface area contributed by atoms with Gasteiger partial charge in [0.15, 0.2) is 0 Å². The summed E-state index contributed by atoms with van der Waals surface area (Å²) >= 11 is 0. The van der Waals surface area contributed by atoms with Gasteiger partial charge in [0, 0.05) is 30.0 Å². The minimum absolute atomic E-state index is 0.162. The van der Waals surface area contributed by atoms with Gasteiger partial charge >= 0.3 is 0 Å². The second-order valence-corrected chi connectivity index (χ2v) is 7.51. The molecule has 2 aromatic carbocycles. The third-order valence-electron chi connectivity index (χ3n) is 5.45. The lowest BCUT2D eigenvalue weighted by Crippen LogP contribution is -2.28. The summed E-state index contributed by atoms with van der Waals surface area (Å²) in [5, 5.41) is 13.4.